The van der Waals surface area contributed by atoms with E-state index >= 15 is 0 Å². The molecule has 0 atom stereocenters. The van der Waals surface area contributed by atoms with Crippen molar-refractivity contribution in [3.05, 3.63) is 0 Å². The maximum absolute atomic E-state index is 11.2. The quantitative estimate of drug-likeness (QED) is 0.211. The lowest BCUT2D eigenvalue weighted by molar-refractivity contribution is -0.136. The van der Waals surface area contributed by atoms with Crippen LogP contribution >= 0.6 is 0 Å². The number of nitrogens with zero attached hydrogens (tertiary/aromatic N) is 1. The first-order chi connectivity index (χ1) is 7.13. The molecule has 0 aromatic carbocycles. The van der Waals surface area contributed by atoms with Gasteiger partial charge >= 0.3 is 5.97 Å². The molecule has 0 aliphatic rings. The van der Waals surface area contributed by atoms with E-state index in [1.807, 2.05) is 6.92 Å². The number of ketones is 1. The Labute approximate surface area is 89.4 Å². The van der Waals surface area contributed by atoms with Crippen molar-refractivity contribution in [3.8, 4) is 0 Å². The van der Waals surface area contributed by atoms with Crippen molar-refractivity contribution >= 4 is 17.5 Å². The predicted octanol–water partition coefficient (Wildman–Crippen LogP) is 1.31. The highest BCUT2D eigenvalue weighted by molar-refractivity contribution is 6.63. The van der Waals surface area contributed by atoms with Crippen molar-refractivity contribution in [1.29, 1.82) is 0 Å². The molecule has 0 aromatic rings. The number of carbonyl (C=O) groups excluding carboxylic acids is 2. The zero-order valence-electron chi connectivity index (χ0n) is 9.41. The minimum atomic E-state index is -0.735. The second-order valence-electron chi connectivity index (χ2n) is 2.90. The summed E-state index contributed by atoms with van der Waals surface area (Å²) in [5.74, 6) is -1.19. The summed E-state index contributed by atoms with van der Waals surface area (Å²) in [5.41, 5.74) is -0.284. The summed E-state index contributed by atoms with van der Waals surface area (Å²) < 4.78 is 4.65. The molecule has 0 spiro atoms. The van der Waals surface area contributed by atoms with Crippen LogP contribution in [0.15, 0.2) is 5.16 Å². The average molecular weight is 215 g/mol. The van der Waals surface area contributed by atoms with Crippen LogP contribution in [0, 0.1) is 0 Å². The van der Waals surface area contributed by atoms with Crippen LogP contribution in [0.2, 0.25) is 0 Å². The molecule has 0 amide bonds. The Morgan fingerprint density at radius 2 is 1.93 bits per heavy atom. The Bertz CT molecular complexity index is 248. The molecule has 0 radical (unpaired) electrons. The normalized spacial score (nSPS) is 11.0. The van der Waals surface area contributed by atoms with E-state index in [0.29, 0.717) is 6.61 Å². The summed E-state index contributed by atoms with van der Waals surface area (Å²) >= 11 is 0. The van der Waals surface area contributed by atoms with Crippen LogP contribution in [0.25, 0.3) is 0 Å². The van der Waals surface area contributed by atoms with Crippen molar-refractivity contribution in [1.82, 2.24) is 0 Å². The van der Waals surface area contributed by atoms with Crippen molar-refractivity contribution in [2.75, 3.05) is 13.2 Å². The number of hydrogen-bond acceptors (Lipinski definition) is 5. The average Bonchev–Trinajstić information content (AvgIpc) is 2.17. The van der Waals surface area contributed by atoms with Crippen LogP contribution in [0.5, 0.6) is 0 Å². The molecule has 0 aromatic heterocycles. The number of unbranched alkanes of at least 4 members (excludes halogenated alkanes) is 1. The Morgan fingerprint density at radius 3 is 2.40 bits per heavy atom. The van der Waals surface area contributed by atoms with Gasteiger partial charge in [0.15, 0.2) is 5.78 Å². The lowest BCUT2D eigenvalue weighted by Crippen LogP contribution is -2.24. The summed E-state index contributed by atoms with van der Waals surface area (Å²) in [6.45, 7) is 5.52. The fraction of sp³-hybridized carbons (Fsp3) is 0.700. The number of rotatable bonds is 7. The van der Waals surface area contributed by atoms with Gasteiger partial charge in [0, 0.05) is 6.92 Å². The molecule has 0 rings (SSSR count). The van der Waals surface area contributed by atoms with E-state index < -0.39 is 11.8 Å². The highest BCUT2D eigenvalue weighted by atomic mass is 16.6. The Balaban J connectivity index is 4.25. The molecule has 15 heavy (non-hydrogen) atoms. The van der Waals surface area contributed by atoms with Crippen molar-refractivity contribution in [2.24, 2.45) is 5.16 Å². The zero-order valence-corrected chi connectivity index (χ0v) is 9.41. The third kappa shape index (κ3) is 5.83. The number of Topliss-reactive ketones (excluding diaryl/α,β-unsaturated/α-hetero) is 1. The molecule has 0 aliphatic carbocycles. The van der Waals surface area contributed by atoms with Gasteiger partial charge in [-0.15, -0.1) is 0 Å². The highest BCUT2D eigenvalue weighted by Crippen LogP contribution is 1.93. The second kappa shape index (κ2) is 7.96. The molecule has 86 valence electrons. The van der Waals surface area contributed by atoms with Gasteiger partial charge in [-0.25, -0.2) is 4.79 Å². The monoisotopic (exact) mass is 215 g/mol. The minimum Gasteiger partial charge on any atom is -0.461 e. The minimum absolute atomic E-state index is 0.208. The van der Waals surface area contributed by atoms with Gasteiger partial charge < -0.3 is 9.57 Å². The Morgan fingerprint density at radius 1 is 1.27 bits per heavy atom. The molecule has 5 nitrogen and oxygen atoms in total. The standard InChI is InChI=1S/C10H17NO4/c1-4-6-7-15-11-9(8(3)12)10(13)14-5-2/h4-7H2,1-3H3/b11-9+. The van der Waals surface area contributed by atoms with Gasteiger partial charge in [-0.1, -0.05) is 18.5 Å². The third-order valence-electron chi connectivity index (χ3n) is 1.55. The molecular formula is C10H17NO4. The van der Waals surface area contributed by atoms with Gasteiger partial charge in [-0.3, -0.25) is 4.79 Å². The van der Waals surface area contributed by atoms with E-state index in [0.717, 1.165) is 12.8 Å². The van der Waals surface area contributed by atoms with E-state index in [2.05, 4.69) is 9.89 Å². The maximum atomic E-state index is 11.2. The van der Waals surface area contributed by atoms with Crippen molar-refractivity contribution in [2.45, 2.75) is 33.6 Å². The molecule has 0 heterocycles. The van der Waals surface area contributed by atoms with Gasteiger partial charge in [0.2, 0.25) is 5.71 Å². The van der Waals surface area contributed by atoms with Crippen LogP contribution in [-0.2, 0) is 19.2 Å². The molecular weight excluding hydrogens is 198 g/mol. The third-order valence-corrected chi connectivity index (χ3v) is 1.55. The summed E-state index contributed by atoms with van der Waals surface area (Å²) in [4.78, 5) is 27.0. The van der Waals surface area contributed by atoms with E-state index in [1.54, 1.807) is 6.92 Å². The fourth-order valence-corrected chi connectivity index (χ4v) is 0.764. The number of esters is 1. The number of oxime groups is 1. The SMILES string of the molecule is CCCCO/N=C(\C(C)=O)C(=O)OCC. The van der Waals surface area contributed by atoms with Crippen molar-refractivity contribution in [3.63, 3.8) is 0 Å². The maximum Gasteiger partial charge on any atom is 0.364 e. The molecule has 0 unspecified atom stereocenters. The summed E-state index contributed by atoms with van der Waals surface area (Å²) in [6, 6.07) is 0. The van der Waals surface area contributed by atoms with E-state index in [1.165, 1.54) is 6.92 Å². The van der Waals surface area contributed by atoms with Crippen molar-refractivity contribution < 1.29 is 19.2 Å². The first-order valence-electron chi connectivity index (χ1n) is 5.01. The van der Waals surface area contributed by atoms with E-state index in [-0.39, 0.29) is 12.3 Å². The zero-order chi connectivity index (χ0) is 11.7. The number of hydrogen-bond donors (Lipinski definition) is 0. The first kappa shape index (κ1) is 13.6. The topological polar surface area (TPSA) is 65.0 Å². The van der Waals surface area contributed by atoms with Crippen LogP contribution in [0.3, 0.4) is 0 Å². The summed E-state index contributed by atoms with van der Waals surface area (Å²) in [6.07, 6.45) is 1.79. The highest BCUT2D eigenvalue weighted by Gasteiger charge is 2.18. The van der Waals surface area contributed by atoms with E-state index in [4.69, 9.17) is 4.84 Å². The van der Waals surface area contributed by atoms with Crippen LogP contribution in [-0.4, -0.2) is 30.7 Å². The number of ether oxygens (including phenoxy) is 1. The molecule has 0 bridgehead atoms. The summed E-state index contributed by atoms with van der Waals surface area (Å²) in [7, 11) is 0. The Hall–Kier alpha value is -1.39. The van der Waals surface area contributed by atoms with Gasteiger partial charge in [0.1, 0.15) is 6.61 Å². The first-order valence-corrected chi connectivity index (χ1v) is 5.01. The second-order valence-corrected chi connectivity index (χ2v) is 2.90. The molecule has 0 saturated heterocycles. The summed E-state index contributed by atoms with van der Waals surface area (Å²) in [5, 5.41) is 3.47. The molecule has 0 N–H and O–H groups in total. The lowest BCUT2D eigenvalue weighted by atomic mass is 10.3. The van der Waals surface area contributed by atoms with Crippen LogP contribution < -0.4 is 0 Å². The molecule has 0 aliphatic heterocycles. The van der Waals surface area contributed by atoms with Gasteiger partial charge in [0.25, 0.3) is 0 Å². The Kier molecular flexibility index (Phi) is 7.23. The predicted molar refractivity (Wildman–Crippen MR) is 55.6 cm³/mol. The molecule has 5 heteroatoms. The van der Waals surface area contributed by atoms with Gasteiger partial charge in [-0.05, 0) is 13.3 Å². The van der Waals surface area contributed by atoms with Crippen LogP contribution in [0.1, 0.15) is 33.6 Å². The van der Waals surface area contributed by atoms with E-state index in [9.17, 15) is 9.59 Å². The number of carbonyl (C=O) groups is 2. The van der Waals surface area contributed by atoms with Gasteiger partial charge in [0.05, 0.1) is 6.61 Å². The largest absolute Gasteiger partial charge is 0.461 e. The molecule has 0 fully saturated rings. The van der Waals surface area contributed by atoms with Crippen LogP contribution in [0.4, 0.5) is 0 Å². The molecule has 0 saturated carbocycles. The van der Waals surface area contributed by atoms with Gasteiger partial charge in [-0.2, -0.15) is 0 Å². The fourth-order valence-electron chi connectivity index (χ4n) is 0.764. The lowest BCUT2D eigenvalue weighted by Gasteiger charge is -2.02. The smallest absolute Gasteiger partial charge is 0.364 e.